The maximum absolute atomic E-state index is 9.77. The average molecular weight is 225 g/mol. The largest absolute Gasteiger partial charge is 0.419 e. The molecule has 0 aliphatic heterocycles. The smallest absolute Gasteiger partial charge is 0 e. The quantitative estimate of drug-likeness (QED) is 0.622. The molecule has 0 aromatic heterocycles. The van der Waals surface area contributed by atoms with Crippen LogP contribution in [0.1, 0.15) is 6.42 Å². The Balaban J connectivity index is -0.000000163. The first-order valence-electron chi connectivity index (χ1n) is 2.17. The minimum atomic E-state index is 0. The van der Waals surface area contributed by atoms with Gasteiger partial charge in [0.05, 0.1) is 0 Å². The molecule has 0 atom stereocenters. The maximum atomic E-state index is 9.77. The van der Waals surface area contributed by atoms with Gasteiger partial charge in [-0.1, -0.05) is 0 Å². The van der Waals surface area contributed by atoms with Gasteiger partial charge in [0.15, 0.2) is 0 Å². The van der Waals surface area contributed by atoms with Crippen molar-refractivity contribution in [1.29, 1.82) is 0 Å². The van der Waals surface area contributed by atoms with E-state index in [4.69, 9.17) is 0 Å². The van der Waals surface area contributed by atoms with E-state index >= 15 is 0 Å². The van der Waals surface area contributed by atoms with Crippen LogP contribution in [-0.2, 0) is 21.6 Å². The molecule has 0 fully saturated rings. The Morgan fingerprint density at radius 2 is 2.00 bits per heavy atom. The predicted molar refractivity (Wildman–Crippen MR) is 42.0 cm³/mol. The van der Waals surface area contributed by atoms with Crippen molar-refractivity contribution < 1.29 is 21.6 Å². The van der Waals surface area contributed by atoms with Crippen LogP contribution in [0.2, 0.25) is 0 Å². The molecule has 0 spiro atoms. The molecule has 0 aromatic carbocycles. The van der Waals surface area contributed by atoms with Gasteiger partial charge >= 0.3 is 0 Å². The summed E-state index contributed by atoms with van der Waals surface area (Å²) in [5.74, 6) is 0. The normalized spacial score (nSPS) is 11.8. The van der Waals surface area contributed by atoms with Gasteiger partial charge < -0.3 is 4.79 Å². The van der Waals surface area contributed by atoms with Crippen LogP contribution in [0.25, 0.3) is 0 Å². The van der Waals surface area contributed by atoms with E-state index in [1.54, 1.807) is 6.08 Å². The summed E-state index contributed by atoms with van der Waals surface area (Å²) >= 11 is 0. The zero-order valence-corrected chi connectivity index (χ0v) is 7.67. The number of rotatable bonds is 1. The number of halogens is 2. The molecule has 0 aromatic rings. The van der Waals surface area contributed by atoms with Gasteiger partial charge in [-0.3, -0.25) is 0 Å². The number of hydrogen-bond acceptors (Lipinski definition) is 1. The second-order valence-corrected chi connectivity index (χ2v) is 1.43. The Kier molecular flexibility index (Phi) is 15.4. The molecule has 61 valence electrons. The summed E-state index contributed by atoms with van der Waals surface area (Å²) in [5, 5.41) is 0. The van der Waals surface area contributed by atoms with E-state index in [-0.39, 0.29) is 41.6 Å². The number of hydrogen-bond donors (Lipinski definition) is 0. The van der Waals surface area contributed by atoms with Gasteiger partial charge in [-0.25, -0.2) is 6.08 Å². The summed E-state index contributed by atoms with van der Waals surface area (Å²) in [5.41, 5.74) is 0.750. The molecule has 0 amide bonds. The Hall–Kier alpha value is 0.236. The van der Waals surface area contributed by atoms with E-state index in [9.17, 15) is 4.79 Å². The monoisotopic (exact) mass is 224 g/mol. The molecule has 1 aliphatic rings. The van der Waals surface area contributed by atoms with E-state index in [0.29, 0.717) is 0 Å². The Labute approximate surface area is 83.0 Å². The molecule has 0 bridgehead atoms. The SMILES string of the molecule is Cl.Cl.O=[C-]C1=CC=CC1.[Co]. The first kappa shape index (κ1) is 16.7. The van der Waals surface area contributed by atoms with Crippen LogP contribution in [0.3, 0.4) is 0 Å². The van der Waals surface area contributed by atoms with Crippen molar-refractivity contribution in [3.05, 3.63) is 23.8 Å². The van der Waals surface area contributed by atoms with Gasteiger partial charge in [-0.15, -0.1) is 37.0 Å². The molecule has 1 aliphatic carbocycles. The summed E-state index contributed by atoms with van der Waals surface area (Å²) in [4.78, 5) is 9.77. The second kappa shape index (κ2) is 9.24. The minimum absolute atomic E-state index is 0. The third-order valence-corrected chi connectivity index (χ3v) is 0.902. The topological polar surface area (TPSA) is 17.1 Å². The van der Waals surface area contributed by atoms with Gasteiger partial charge in [0.25, 0.3) is 0 Å². The van der Waals surface area contributed by atoms with Crippen LogP contribution >= 0.6 is 24.8 Å². The molecule has 0 saturated carbocycles. The third-order valence-electron chi connectivity index (χ3n) is 0.902. The zero-order chi connectivity index (χ0) is 5.11. The van der Waals surface area contributed by atoms with Crippen LogP contribution in [-0.4, -0.2) is 6.29 Å². The predicted octanol–water partition coefficient (Wildman–Crippen LogP) is 1.82. The number of allylic oxidation sites excluding steroid dienone is 4. The van der Waals surface area contributed by atoms with E-state index in [1.807, 2.05) is 18.4 Å². The van der Waals surface area contributed by atoms with Crippen molar-refractivity contribution in [3.63, 3.8) is 0 Å². The van der Waals surface area contributed by atoms with Gasteiger partial charge in [0, 0.05) is 16.8 Å². The zero-order valence-electron chi connectivity index (χ0n) is 5.00. The van der Waals surface area contributed by atoms with Crippen molar-refractivity contribution in [2.75, 3.05) is 0 Å². The van der Waals surface area contributed by atoms with Crippen molar-refractivity contribution >= 4 is 31.1 Å². The summed E-state index contributed by atoms with van der Waals surface area (Å²) in [6.07, 6.45) is 8.14. The fourth-order valence-electron chi connectivity index (χ4n) is 0.523. The maximum Gasteiger partial charge on any atom is 0 e. The van der Waals surface area contributed by atoms with Crippen LogP contribution in [0.5, 0.6) is 0 Å². The standard InChI is InChI=1S/C6H5O.2ClH.Co/c7-5-6-3-1-2-4-6;;;/h1-3H,4H2;2*1H;/q-1;;;. The molecule has 0 unspecified atom stereocenters. The Bertz CT molecular complexity index is 143. The van der Waals surface area contributed by atoms with Crippen molar-refractivity contribution in [3.8, 4) is 0 Å². The first-order chi connectivity index (χ1) is 3.43. The molecule has 0 saturated heterocycles. The first-order valence-corrected chi connectivity index (χ1v) is 2.17. The fraction of sp³-hybridized carbons (Fsp3) is 0.167. The van der Waals surface area contributed by atoms with Crippen molar-refractivity contribution in [1.82, 2.24) is 0 Å². The van der Waals surface area contributed by atoms with Gasteiger partial charge in [0.1, 0.15) is 0 Å². The molecule has 4 heteroatoms. The molecule has 1 radical (unpaired) electrons. The van der Waals surface area contributed by atoms with E-state index in [0.717, 1.165) is 12.0 Å². The summed E-state index contributed by atoms with van der Waals surface area (Å²) in [7, 11) is 0. The Morgan fingerprint density at radius 3 is 2.20 bits per heavy atom. The summed E-state index contributed by atoms with van der Waals surface area (Å²) in [6.45, 7) is 0. The van der Waals surface area contributed by atoms with Crippen LogP contribution in [0, 0.1) is 0 Å². The van der Waals surface area contributed by atoms with Crippen molar-refractivity contribution in [2.24, 2.45) is 0 Å². The molecular formula is C6H7Cl2CoO-. The van der Waals surface area contributed by atoms with Gasteiger partial charge in [0.2, 0.25) is 0 Å². The fourth-order valence-corrected chi connectivity index (χ4v) is 0.523. The van der Waals surface area contributed by atoms with Crippen molar-refractivity contribution in [2.45, 2.75) is 6.42 Å². The van der Waals surface area contributed by atoms with Crippen LogP contribution in [0.4, 0.5) is 0 Å². The number of carbonyl (C=O) groups excluding carboxylic acids is 1. The molecule has 0 N–H and O–H groups in total. The van der Waals surface area contributed by atoms with Crippen LogP contribution < -0.4 is 0 Å². The third kappa shape index (κ3) is 5.06. The average Bonchev–Trinajstić information content (AvgIpc) is 2.14. The van der Waals surface area contributed by atoms with Gasteiger partial charge in [-0.2, -0.15) is 5.57 Å². The second-order valence-electron chi connectivity index (χ2n) is 1.43. The van der Waals surface area contributed by atoms with E-state index in [1.165, 1.54) is 0 Å². The molecule has 1 nitrogen and oxygen atoms in total. The summed E-state index contributed by atoms with van der Waals surface area (Å²) in [6, 6.07) is 0. The summed E-state index contributed by atoms with van der Waals surface area (Å²) < 4.78 is 0. The van der Waals surface area contributed by atoms with Crippen LogP contribution in [0.15, 0.2) is 23.8 Å². The molecular weight excluding hydrogens is 218 g/mol. The van der Waals surface area contributed by atoms with E-state index in [2.05, 4.69) is 0 Å². The van der Waals surface area contributed by atoms with E-state index < -0.39 is 0 Å². The van der Waals surface area contributed by atoms with Gasteiger partial charge in [-0.05, 0) is 12.7 Å². The molecule has 10 heavy (non-hydrogen) atoms. The Morgan fingerprint density at radius 1 is 1.40 bits per heavy atom. The minimum Gasteiger partial charge on any atom is -0.419 e. The molecule has 0 heterocycles. The molecule has 1 rings (SSSR count).